The van der Waals surface area contributed by atoms with E-state index in [1.165, 1.54) is 12.1 Å². The standard InChI is InChI=1S/C18H14F2N2/c1-10(11-8-21-15-6-2-4-13(19)17(11)15)12-9-22-16-7-3-5-14(20)18(12)16/h2-10,21-22H,1H3. The number of fused-ring (bicyclic) bond motifs is 2. The van der Waals surface area contributed by atoms with Gasteiger partial charge >= 0.3 is 0 Å². The Bertz CT molecular complexity index is 901. The lowest BCUT2D eigenvalue weighted by molar-refractivity contribution is 0.637. The Morgan fingerprint density at radius 2 is 1.23 bits per heavy atom. The Morgan fingerprint density at radius 1 is 0.773 bits per heavy atom. The molecule has 0 saturated carbocycles. The molecule has 0 radical (unpaired) electrons. The molecule has 0 unspecified atom stereocenters. The number of aromatic amines is 2. The van der Waals surface area contributed by atoms with Crippen LogP contribution in [-0.2, 0) is 0 Å². The van der Waals surface area contributed by atoms with Gasteiger partial charge in [-0.05, 0) is 35.4 Å². The van der Waals surface area contributed by atoms with E-state index in [1.807, 2.05) is 19.1 Å². The third-order valence-electron chi connectivity index (χ3n) is 4.30. The number of nitrogens with one attached hydrogen (secondary N) is 2. The molecule has 2 nitrogen and oxygen atoms in total. The number of rotatable bonds is 2. The Kier molecular flexibility index (Phi) is 2.79. The number of halogens is 2. The third-order valence-corrected chi connectivity index (χ3v) is 4.30. The highest BCUT2D eigenvalue weighted by atomic mass is 19.1. The molecule has 0 aliphatic carbocycles. The van der Waals surface area contributed by atoms with E-state index in [1.54, 1.807) is 24.5 Å². The highest BCUT2D eigenvalue weighted by molar-refractivity contribution is 5.88. The molecule has 4 heteroatoms. The van der Waals surface area contributed by atoms with Crippen molar-refractivity contribution < 1.29 is 8.78 Å². The van der Waals surface area contributed by atoms with Crippen molar-refractivity contribution in [1.82, 2.24) is 9.97 Å². The highest BCUT2D eigenvalue weighted by Gasteiger charge is 2.20. The third kappa shape index (κ3) is 1.77. The summed E-state index contributed by atoms with van der Waals surface area (Å²) in [6, 6.07) is 9.92. The van der Waals surface area contributed by atoms with Gasteiger partial charge in [-0.15, -0.1) is 0 Å². The maximum absolute atomic E-state index is 14.2. The Labute approximate surface area is 125 Å². The van der Waals surface area contributed by atoms with Gasteiger partial charge in [-0.3, -0.25) is 0 Å². The van der Waals surface area contributed by atoms with Crippen LogP contribution in [0.3, 0.4) is 0 Å². The van der Waals surface area contributed by atoms with Gasteiger partial charge in [-0.1, -0.05) is 19.1 Å². The number of hydrogen-bond donors (Lipinski definition) is 2. The molecule has 2 heterocycles. The van der Waals surface area contributed by atoms with Gasteiger partial charge in [0, 0.05) is 40.1 Å². The minimum Gasteiger partial charge on any atom is -0.361 e. The van der Waals surface area contributed by atoms with Crippen molar-refractivity contribution in [1.29, 1.82) is 0 Å². The minimum atomic E-state index is -0.263. The molecule has 2 N–H and O–H groups in total. The first kappa shape index (κ1) is 13.1. The van der Waals surface area contributed by atoms with Gasteiger partial charge in [0.05, 0.1) is 0 Å². The minimum absolute atomic E-state index is 0.128. The van der Waals surface area contributed by atoms with E-state index in [4.69, 9.17) is 0 Å². The van der Waals surface area contributed by atoms with Gasteiger partial charge < -0.3 is 9.97 Å². The summed E-state index contributed by atoms with van der Waals surface area (Å²) in [5, 5.41) is 1.14. The van der Waals surface area contributed by atoms with Crippen molar-refractivity contribution in [2.24, 2.45) is 0 Å². The fraction of sp³-hybridized carbons (Fsp3) is 0.111. The summed E-state index contributed by atoms with van der Waals surface area (Å²) in [5.74, 6) is -0.655. The molecule has 0 fully saturated rings. The SMILES string of the molecule is CC(c1c[nH]c2cccc(F)c12)c1c[nH]c2cccc(F)c12. The Balaban J connectivity index is 1.94. The normalized spacial score (nSPS) is 11.8. The first-order valence-electron chi connectivity index (χ1n) is 7.18. The highest BCUT2D eigenvalue weighted by Crippen LogP contribution is 2.36. The zero-order valence-electron chi connectivity index (χ0n) is 12.0. The molecular weight excluding hydrogens is 282 g/mol. The van der Waals surface area contributed by atoms with Crippen molar-refractivity contribution in [3.8, 4) is 0 Å². The lowest BCUT2D eigenvalue weighted by Crippen LogP contribution is -1.96. The van der Waals surface area contributed by atoms with Gasteiger partial charge in [0.1, 0.15) is 11.6 Å². The number of aromatic nitrogens is 2. The van der Waals surface area contributed by atoms with Crippen molar-refractivity contribution in [3.63, 3.8) is 0 Å². The zero-order chi connectivity index (χ0) is 15.3. The molecule has 0 aliphatic heterocycles. The molecule has 22 heavy (non-hydrogen) atoms. The maximum atomic E-state index is 14.2. The van der Waals surface area contributed by atoms with Crippen LogP contribution in [0.25, 0.3) is 21.8 Å². The van der Waals surface area contributed by atoms with Gasteiger partial charge in [-0.2, -0.15) is 0 Å². The van der Waals surface area contributed by atoms with Gasteiger partial charge in [0.15, 0.2) is 0 Å². The number of benzene rings is 2. The quantitative estimate of drug-likeness (QED) is 0.517. The molecule has 0 atom stereocenters. The van der Waals surface area contributed by atoms with Gasteiger partial charge in [-0.25, -0.2) is 8.78 Å². The average molecular weight is 296 g/mol. The summed E-state index contributed by atoms with van der Waals surface area (Å²) in [5.41, 5.74) is 3.17. The zero-order valence-corrected chi connectivity index (χ0v) is 12.0. The topological polar surface area (TPSA) is 31.6 Å². The van der Waals surface area contributed by atoms with Crippen LogP contribution in [0.15, 0.2) is 48.8 Å². The molecule has 2 aromatic carbocycles. The molecular formula is C18H14F2N2. The summed E-state index contributed by atoms with van der Waals surface area (Å²) in [6.45, 7) is 1.96. The summed E-state index contributed by atoms with van der Waals surface area (Å²) in [6.07, 6.45) is 3.61. The molecule has 0 spiro atoms. The predicted molar refractivity (Wildman–Crippen MR) is 84.0 cm³/mol. The molecule has 0 saturated heterocycles. The second-order valence-corrected chi connectivity index (χ2v) is 5.53. The second kappa shape index (κ2) is 4.70. The van der Waals surface area contributed by atoms with Crippen LogP contribution in [-0.4, -0.2) is 9.97 Å². The van der Waals surface area contributed by atoms with Crippen molar-refractivity contribution >= 4 is 21.8 Å². The Hall–Kier alpha value is -2.62. The van der Waals surface area contributed by atoms with E-state index >= 15 is 0 Å². The van der Waals surface area contributed by atoms with Gasteiger partial charge in [0.2, 0.25) is 0 Å². The van der Waals surface area contributed by atoms with E-state index < -0.39 is 0 Å². The van der Waals surface area contributed by atoms with Crippen LogP contribution < -0.4 is 0 Å². The summed E-state index contributed by atoms with van der Waals surface area (Å²) in [7, 11) is 0. The molecule has 2 aromatic heterocycles. The fourth-order valence-electron chi connectivity index (χ4n) is 3.18. The second-order valence-electron chi connectivity index (χ2n) is 5.53. The van der Waals surface area contributed by atoms with Crippen LogP contribution in [0.2, 0.25) is 0 Å². The molecule has 110 valence electrons. The summed E-state index contributed by atoms with van der Waals surface area (Å²) < 4.78 is 28.3. The van der Waals surface area contributed by atoms with Crippen LogP contribution in [0.4, 0.5) is 8.78 Å². The monoisotopic (exact) mass is 296 g/mol. The van der Waals surface area contributed by atoms with Crippen LogP contribution >= 0.6 is 0 Å². The van der Waals surface area contributed by atoms with Crippen molar-refractivity contribution in [2.75, 3.05) is 0 Å². The van der Waals surface area contributed by atoms with Crippen LogP contribution in [0, 0.1) is 11.6 Å². The van der Waals surface area contributed by atoms with Crippen LogP contribution in [0.5, 0.6) is 0 Å². The number of H-pyrrole nitrogens is 2. The molecule has 4 rings (SSSR count). The van der Waals surface area contributed by atoms with E-state index in [0.717, 1.165) is 22.2 Å². The molecule has 4 aromatic rings. The molecule has 0 amide bonds. The lowest BCUT2D eigenvalue weighted by atomic mass is 9.92. The number of hydrogen-bond acceptors (Lipinski definition) is 0. The molecule has 0 bridgehead atoms. The van der Waals surface area contributed by atoms with E-state index in [9.17, 15) is 8.78 Å². The van der Waals surface area contributed by atoms with E-state index in [0.29, 0.717) is 10.8 Å². The van der Waals surface area contributed by atoms with Crippen LogP contribution in [0.1, 0.15) is 24.0 Å². The fourth-order valence-corrected chi connectivity index (χ4v) is 3.18. The lowest BCUT2D eigenvalue weighted by Gasteiger charge is -2.10. The smallest absolute Gasteiger partial charge is 0.132 e. The van der Waals surface area contributed by atoms with Crippen molar-refractivity contribution in [2.45, 2.75) is 12.8 Å². The van der Waals surface area contributed by atoms with E-state index in [-0.39, 0.29) is 17.6 Å². The maximum Gasteiger partial charge on any atom is 0.132 e. The van der Waals surface area contributed by atoms with Gasteiger partial charge in [0.25, 0.3) is 0 Å². The average Bonchev–Trinajstić information content (AvgIpc) is 3.12. The summed E-state index contributed by atoms with van der Waals surface area (Å²) in [4.78, 5) is 6.18. The molecule has 0 aliphatic rings. The van der Waals surface area contributed by atoms with E-state index in [2.05, 4.69) is 9.97 Å². The first-order valence-corrected chi connectivity index (χ1v) is 7.18. The predicted octanol–water partition coefficient (Wildman–Crippen LogP) is 5.08. The Morgan fingerprint density at radius 3 is 1.68 bits per heavy atom. The first-order chi connectivity index (χ1) is 10.7. The largest absolute Gasteiger partial charge is 0.361 e. The summed E-state index contributed by atoms with van der Waals surface area (Å²) >= 11 is 0. The van der Waals surface area contributed by atoms with Crippen molar-refractivity contribution in [3.05, 3.63) is 71.6 Å².